The van der Waals surface area contributed by atoms with Gasteiger partial charge >= 0.3 is 5.97 Å². The number of carbonyl (C=O) groups excluding carboxylic acids is 1. The minimum atomic E-state index is -1.26. The van der Waals surface area contributed by atoms with E-state index in [9.17, 15) is 19.1 Å². The molecule has 3 rings (SSSR count). The van der Waals surface area contributed by atoms with Crippen LogP contribution >= 0.6 is 0 Å². The third-order valence-corrected chi connectivity index (χ3v) is 4.64. The molecular weight excluding hydrogens is 363 g/mol. The summed E-state index contributed by atoms with van der Waals surface area (Å²) >= 11 is 0. The predicted octanol–water partition coefficient (Wildman–Crippen LogP) is 2.18. The van der Waals surface area contributed by atoms with Gasteiger partial charge in [0.1, 0.15) is 17.2 Å². The quantitative estimate of drug-likeness (QED) is 0.702. The molecule has 1 atom stereocenters. The van der Waals surface area contributed by atoms with Crippen molar-refractivity contribution in [3.05, 3.63) is 70.9 Å². The van der Waals surface area contributed by atoms with E-state index in [0.717, 1.165) is 5.56 Å². The van der Waals surface area contributed by atoms with E-state index in [1.807, 2.05) is 6.92 Å². The molecule has 1 amide bonds. The zero-order chi connectivity index (χ0) is 20.3. The van der Waals surface area contributed by atoms with E-state index in [-0.39, 0.29) is 36.4 Å². The Labute approximate surface area is 161 Å². The first-order chi connectivity index (χ1) is 13.4. The molecule has 1 fully saturated rings. The summed E-state index contributed by atoms with van der Waals surface area (Å²) in [4.78, 5) is 33.1. The van der Waals surface area contributed by atoms with E-state index < -0.39 is 5.97 Å². The molecule has 7 nitrogen and oxygen atoms in total. The Morgan fingerprint density at radius 2 is 2.04 bits per heavy atom. The van der Waals surface area contributed by atoms with E-state index in [4.69, 9.17) is 5.73 Å². The molecule has 0 bridgehead atoms. The molecule has 8 heteroatoms. The van der Waals surface area contributed by atoms with E-state index in [1.165, 1.54) is 12.1 Å². The number of aromatic amines is 1. The number of H-pyrrole nitrogens is 1. The van der Waals surface area contributed by atoms with Gasteiger partial charge in [-0.1, -0.05) is 19.1 Å². The zero-order valence-electron chi connectivity index (χ0n) is 15.4. The number of piperidine rings is 1. The largest absolute Gasteiger partial charge is 0.477 e. The first-order valence-corrected chi connectivity index (χ1v) is 8.80. The van der Waals surface area contributed by atoms with Crippen molar-refractivity contribution < 1.29 is 19.1 Å². The second kappa shape index (κ2) is 8.08. The van der Waals surface area contributed by atoms with Gasteiger partial charge in [0.05, 0.1) is 13.1 Å². The number of halogens is 1. The van der Waals surface area contributed by atoms with Crippen molar-refractivity contribution in [3.8, 4) is 0 Å². The second-order valence-corrected chi connectivity index (χ2v) is 6.70. The van der Waals surface area contributed by atoms with Gasteiger partial charge in [-0.25, -0.2) is 9.18 Å². The number of rotatable bonds is 4. The molecule has 0 saturated carbocycles. The summed E-state index contributed by atoms with van der Waals surface area (Å²) in [5, 5.41) is 9.37. The molecule has 4 N–H and O–H groups in total. The fourth-order valence-corrected chi connectivity index (χ4v) is 3.21. The van der Waals surface area contributed by atoms with Gasteiger partial charge in [-0.3, -0.25) is 9.79 Å². The topological polar surface area (TPSA) is 112 Å². The molecule has 2 heterocycles. The maximum absolute atomic E-state index is 13.1. The number of hydrogen-bond donors (Lipinski definition) is 3. The number of aromatic nitrogens is 1. The number of nitrogens with zero attached hydrogens (tertiary/aromatic N) is 2. The molecule has 146 valence electrons. The highest BCUT2D eigenvalue weighted by Crippen LogP contribution is 2.23. The smallest absolute Gasteiger partial charge is 0.352 e. The molecule has 2 aromatic rings. The minimum Gasteiger partial charge on any atom is -0.477 e. The van der Waals surface area contributed by atoms with Gasteiger partial charge in [-0.15, -0.1) is 0 Å². The Morgan fingerprint density at radius 1 is 1.32 bits per heavy atom. The lowest BCUT2D eigenvalue weighted by molar-refractivity contribution is -0.132. The van der Waals surface area contributed by atoms with Gasteiger partial charge in [0.15, 0.2) is 0 Å². The minimum absolute atomic E-state index is 0.0581. The third-order valence-electron chi connectivity index (χ3n) is 4.64. The number of aliphatic imine (C=N–C) groups is 1. The Kier molecular flexibility index (Phi) is 5.58. The Morgan fingerprint density at radius 3 is 2.64 bits per heavy atom. The van der Waals surface area contributed by atoms with Crippen LogP contribution in [0.1, 0.15) is 23.0 Å². The number of likely N-dealkylation sites (tertiary alicyclic amines) is 1. The van der Waals surface area contributed by atoms with E-state index >= 15 is 0 Å². The molecule has 1 aromatic heterocycles. The number of benzene rings is 1. The summed E-state index contributed by atoms with van der Waals surface area (Å²) in [6, 6.07) is 9.32. The van der Waals surface area contributed by atoms with Crippen LogP contribution in [0, 0.1) is 11.7 Å². The first-order valence-electron chi connectivity index (χ1n) is 8.80. The Bertz CT molecular complexity index is 933. The molecule has 28 heavy (non-hydrogen) atoms. The van der Waals surface area contributed by atoms with Crippen molar-refractivity contribution in [2.24, 2.45) is 16.6 Å². The Balaban J connectivity index is 1.90. The molecule has 1 aliphatic rings. The summed E-state index contributed by atoms with van der Waals surface area (Å²) in [7, 11) is 0. The Hall–Kier alpha value is -3.42. The highest BCUT2D eigenvalue weighted by atomic mass is 19.1. The lowest BCUT2D eigenvalue weighted by atomic mass is 9.90. The van der Waals surface area contributed by atoms with Crippen LogP contribution in [0.3, 0.4) is 0 Å². The lowest BCUT2D eigenvalue weighted by Crippen LogP contribution is -2.46. The van der Waals surface area contributed by atoms with Gasteiger partial charge in [-0.2, -0.15) is 0 Å². The molecule has 0 radical (unpaired) electrons. The van der Waals surface area contributed by atoms with Crippen LogP contribution in [0.5, 0.6) is 0 Å². The van der Waals surface area contributed by atoms with Crippen LogP contribution in [-0.4, -0.2) is 45.7 Å². The fourth-order valence-electron chi connectivity index (χ4n) is 3.21. The summed E-state index contributed by atoms with van der Waals surface area (Å²) in [5.41, 5.74) is 7.59. The SMILES string of the molecule is CC1CN(C(=O)c2ccc[nH]2)CC(=C(N)C(=O)O)C1=NCc1ccc(F)cc1. The number of hydrogen-bond acceptors (Lipinski definition) is 4. The number of carbonyl (C=O) groups is 2. The summed E-state index contributed by atoms with van der Waals surface area (Å²) in [5.74, 6) is -2.03. The van der Waals surface area contributed by atoms with Crippen LogP contribution in [0.2, 0.25) is 0 Å². The van der Waals surface area contributed by atoms with Gasteiger partial charge in [-0.05, 0) is 29.8 Å². The van der Waals surface area contributed by atoms with Gasteiger partial charge in [0.2, 0.25) is 0 Å². The fraction of sp³-hybridized carbons (Fsp3) is 0.250. The molecule has 1 aromatic carbocycles. The zero-order valence-corrected chi connectivity index (χ0v) is 15.4. The number of carboxylic acid groups (broad SMARTS) is 1. The van der Waals surface area contributed by atoms with Crippen LogP contribution < -0.4 is 5.73 Å². The first kappa shape index (κ1) is 19.3. The van der Waals surface area contributed by atoms with E-state index in [0.29, 0.717) is 23.5 Å². The second-order valence-electron chi connectivity index (χ2n) is 6.70. The van der Waals surface area contributed by atoms with Crippen LogP contribution in [0.15, 0.2) is 58.9 Å². The molecule has 1 aliphatic heterocycles. The average Bonchev–Trinajstić information content (AvgIpc) is 3.21. The summed E-state index contributed by atoms with van der Waals surface area (Å²) < 4.78 is 13.1. The number of nitrogens with two attached hydrogens (primary N) is 1. The molecule has 0 spiro atoms. The standard InChI is InChI=1S/C20H21FN4O3/c1-12-10-25(19(26)16-3-2-8-23-16)11-15(17(22)20(27)28)18(12)24-9-13-4-6-14(21)7-5-13/h2-8,12,23H,9-11,22H2,1H3,(H,27,28). The molecule has 0 aliphatic carbocycles. The van der Waals surface area contributed by atoms with E-state index in [1.54, 1.807) is 35.4 Å². The summed E-state index contributed by atoms with van der Waals surface area (Å²) in [6.45, 7) is 2.58. The van der Waals surface area contributed by atoms with Crippen molar-refractivity contribution in [2.75, 3.05) is 13.1 Å². The highest BCUT2D eigenvalue weighted by Gasteiger charge is 2.32. The van der Waals surface area contributed by atoms with Crippen molar-refractivity contribution >= 4 is 17.6 Å². The third kappa shape index (κ3) is 4.11. The van der Waals surface area contributed by atoms with Gasteiger partial charge in [0, 0.05) is 29.9 Å². The lowest BCUT2D eigenvalue weighted by Gasteiger charge is -2.34. The maximum atomic E-state index is 13.1. The monoisotopic (exact) mass is 384 g/mol. The number of amides is 1. The number of aliphatic carboxylic acids is 1. The molecule has 1 saturated heterocycles. The normalized spacial score (nSPS) is 20.3. The molecule has 1 unspecified atom stereocenters. The van der Waals surface area contributed by atoms with E-state index in [2.05, 4.69) is 9.98 Å². The number of carboxylic acids is 1. The van der Waals surface area contributed by atoms with Crippen molar-refractivity contribution in [2.45, 2.75) is 13.5 Å². The van der Waals surface area contributed by atoms with Crippen molar-refractivity contribution in [1.82, 2.24) is 9.88 Å². The maximum Gasteiger partial charge on any atom is 0.352 e. The summed E-state index contributed by atoms with van der Waals surface area (Å²) in [6.07, 6.45) is 1.65. The van der Waals surface area contributed by atoms with Gasteiger partial charge in [0.25, 0.3) is 5.91 Å². The average molecular weight is 384 g/mol. The van der Waals surface area contributed by atoms with Crippen molar-refractivity contribution in [1.29, 1.82) is 0 Å². The predicted molar refractivity (Wildman–Crippen MR) is 102 cm³/mol. The highest BCUT2D eigenvalue weighted by molar-refractivity contribution is 6.09. The van der Waals surface area contributed by atoms with Crippen LogP contribution in [0.4, 0.5) is 4.39 Å². The number of nitrogens with one attached hydrogen (secondary N) is 1. The molecular formula is C20H21FN4O3. The van der Waals surface area contributed by atoms with Crippen molar-refractivity contribution in [3.63, 3.8) is 0 Å². The van der Waals surface area contributed by atoms with Crippen LogP contribution in [0.25, 0.3) is 0 Å². The van der Waals surface area contributed by atoms with Gasteiger partial charge < -0.3 is 20.7 Å². The van der Waals surface area contributed by atoms with Crippen LogP contribution in [-0.2, 0) is 11.3 Å².